The van der Waals surface area contributed by atoms with E-state index in [1.807, 2.05) is 60.5 Å². The van der Waals surface area contributed by atoms with Gasteiger partial charge in [-0.25, -0.2) is 0 Å². The van der Waals surface area contributed by atoms with Crippen LogP contribution >= 0.6 is 0 Å². The third kappa shape index (κ3) is 6.18. The average Bonchev–Trinajstić information content (AvgIpc) is 2.68. The van der Waals surface area contributed by atoms with Crippen molar-refractivity contribution >= 4 is 5.91 Å². The Morgan fingerprint density at radius 3 is 2.70 bits per heavy atom. The molecular formula is C21H26N2O4. The molecule has 144 valence electrons. The van der Waals surface area contributed by atoms with Crippen molar-refractivity contribution in [2.75, 3.05) is 46.5 Å². The molecular weight excluding hydrogens is 344 g/mol. The number of amides is 1. The Bertz CT molecular complexity index is 736. The highest BCUT2D eigenvalue weighted by atomic mass is 16.6. The predicted octanol–water partition coefficient (Wildman–Crippen LogP) is 2.13. The molecule has 0 aromatic heterocycles. The number of carbonyl (C=O) groups is 1. The van der Waals surface area contributed by atoms with Crippen LogP contribution in [-0.4, -0.2) is 57.3 Å². The lowest BCUT2D eigenvalue weighted by atomic mass is 10.1. The van der Waals surface area contributed by atoms with E-state index in [1.165, 1.54) is 0 Å². The fourth-order valence-electron chi connectivity index (χ4n) is 2.81. The zero-order valence-electron chi connectivity index (χ0n) is 15.6. The molecule has 0 aliphatic carbocycles. The van der Waals surface area contributed by atoms with Crippen molar-refractivity contribution in [3.05, 3.63) is 54.1 Å². The van der Waals surface area contributed by atoms with Crippen LogP contribution < -0.4 is 19.5 Å². The maximum atomic E-state index is 12.1. The van der Waals surface area contributed by atoms with Gasteiger partial charge >= 0.3 is 0 Å². The second-order valence-corrected chi connectivity index (χ2v) is 6.48. The van der Waals surface area contributed by atoms with Crippen molar-refractivity contribution in [2.24, 2.45) is 0 Å². The number of hydrogen-bond acceptors (Lipinski definition) is 5. The first-order valence-corrected chi connectivity index (χ1v) is 9.22. The van der Waals surface area contributed by atoms with Gasteiger partial charge in [0, 0.05) is 13.1 Å². The van der Waals surface area contributed by atoms with Crippen LogP contribution in [0.5, 0.6) is 17.2 Å². The van der Waals surface area contributed by atoms with Gasteiger partial charge in [0.05, 0.1) is 6.54 Å². The zero-order chi connectivity index (χ0) is 18.9. The Kier molecular flexibility index (Phi) is 6.93. The van der Waals surface area contributed by atoms with E-state index in [0.717, 1.165) is 29.2 Å². The third-order valence-electron chi connectivity index (χ3n) is 4.24. The molecule has 0 radical (unpaired) electrons. The summed E-state index contributed by atoms with van der Waals surface area (Å²) >= 11 is 0. The minimum Gasteiger partial charge on any atom is -0.492 e. The molecule has 1 heterocycles. The van der Waals surface area contributed by atoms with Crippen LogP contribution in [0.1, 0.15) is 5.56 Å². The molecule has 2 aromatic carbocycles. The number of likely N-dealkylation sites (N-methyl/N-ethyl adjacent to an activating group) is 1. The number of hydrogen-bond donors (Lipinski definition) is 1. The number of carbonyl (C=O) groups excluding carboxylic acids is 1. The predicted molar refractivity (Wildman–Crippen MR) is 104 cm³/mol. The van der Waals surface area contributed by atoms with Crippen LogP contribution in [0.3, 0.4) is 0 Å². The maximum absolute atomic E-state index is 12.1. The van der Waals surface area contributed by atoms with Gasteiger partial charge in [0.25, 0.3) is 0 Å². The van der Waals surface area contributed by atoms with Crippen LogP contribution in [-0.2, 0) is 11.2 Å². The SMILES string of the molecule is CN(CCOc1ccccc1)CC(=O)NCCc1ccc2c(c1)OCCO2. The van der Waals surface area contributed by atoms with E-state index in [1.54, 1.807) is 0 Å². The average molecular weight is 370 g/mol. The smallest absolute Gasteiger partial charge is 0.234 e. The van der Waals surface area contributed by atoms with E-state index in [4.69, 9.17) is 14.2 Å². The number of ether oxygens (including phenoxy) is 3. The van der Waals surface area contributed by atoms with Gasteiger partial charge in [0.1, 0.15) is 25.6 Å². The monoisotopic (exact) mass is 370 g/mol. The lowest BCUT2D eigenvalue weighted by Gasteiger charge is -2.19. The normalized spacial score (nSPS) is 12.7. The number of nitrogens with one attached hydrogen (secondary N) is 1. The molecule has 0 saturated carbocycles. The van der Waals surface area contributed by atoms with Crippen molar-refractivity contribution < 1.29 is 19.0 Å². The maximum Gasteiger partial charge on any atom is 0.234 e. The van der Waals surface area contributed by atoms with Crippen LogP contribution in [0.2, 0.25) is 0 Å². The molecule has 0 saturated heterocycles. The number of nitrogens with zero attached hydrogens (tertiary/aromatic N) is 1. The van der Waals surface area contributed by atoms with Crippen molar-refractivity contribution in [1.29, 1.82) is 0 Å². The standard InChI is InChI=1S/C21H26N2O4/c1-23(11-12-25-18-5-3-2-4-6-18)16-21(24)22-10-9-17-7-8-19-20(15-17)27-14-13-26-19/h2-8,15H,9-14,16H2,1H3,(H,22,24). The molecule has 3 rings (SSSR count). The van der Waals surface area contributed by atoms with Gasteiger partial charge < -0.3 is 19.5 Å². The molecule has 6 nitrogen and oxygen atoms in total. The van der Waals surface area contributed by atoms with E-state index in [2.05, 4.69) is 5.32 Å². The number of rotatable bonds is 9. The van der Waals surface area contributed by atoms with Crippen LogP contribution in [0.4, 0.5) is 0 Å². The Morgan fingerprint density at radius 1 is 1.11 bits per heavy atom. The van der Waals surface area contributed by atoms with Crippen molar-refractivity contribution in [2.45, 2.75) is 6.42 Å². The van der Waals surface area contributed by atoms with E-state index >= 15 is 0 Å². The summed E-state index contributed by atoms with van der Waals surface area (Å²) in [6.45, 7) is 3.33. The largest absolute Gasteiger partial charge is 0.492 e. The third-order valence-corrected chi connectivity index (χ3v) is 4.24. The number of para-hydroxylation sites is 1. The van der Waals surface area contributed by atoms with Crippen LogP contribution in [0.15, 0.2) is 48.5 Å². The van der Waals surface area contributed by atoms with Gasteiger partial charge in [-0.3, -0.25) is 9.69 Å². The summed E-state index contributed by atoms with van der Waals surface area (Å²) in [6, 6.07) is 15.6. The van der Waals surface area contributed by atoms with Crippen molar-refractivity contribution in [3.8, 4) is 17.2 Å². The fraction of sp³-hybridized carbons (Fsp3) is 0.381. The summed E-state index contributed by atoms with van der Waals surface area (Å²) in [4.78, 5) is 14.0. The number of benzene rings is 2. The summed E-state index contributed by atoms with van der Waals surface area (Å²) < 4.78 is 16.7. The molecule has 1 aliphatic rings. The molecule has 1 amide bonds. The zero-order valence-corrected chi connectivity index (χ0v) is 15.6. The summed E-state index contributed by atoms with van der Waals surface area (Å²) in [7, 11) is 1.91. The van der Waals surface area contributed by atoms with Crippen molar-refractivity contribution in [1.82, 2.24) is 10.2 Å². The molecule has 6 heteroatoms. The lowest BCUT2D eigenvalue weighted by Crippen LogP contribution is -2.37. The van der Waals surface area contributed by atoms with Gasteiger partial charge in [-0.1, -0.05) is 24.3 Å². The minimum atomic E-state index is 0.00903. The Labute approximate surface area is 160 Å². The lowest BCUT2D eigenvalue weighted by molar-refractivity contribution is -0.121. The molecule has 0 spiro atoms. The first-order chi connectivity index (χ1) is 13.2. The first-order valence-electron chi connectivity index (χ1n) is 9.22. The fourth-order valence-corrected chi connectivity index (χ4v) is 2.81. The highest BCUT2D eigenvalue weighted by Crippen LogP contribution is 2.30. The van der Waals surface area contributed by atoms with Gasteiger partial charge in [-0.05, 0) is 43.3 Å². The molecule has 1 N–H and O–H groups in total. The van der Waals surface area contributed by atoms with E-state index in [0.29, 0.717) is 39.5 Å². The van der Waals surface area contributed by atoms with Gasteiger partial charge in [-0.15, -0.1) is 0 Å². The molecule has 0 unspecified atom stereocenters. The molecule has 0 atom stereocenters. The molecule has 1 aliphatic heterocycles. The van der Waals surface area contributed by atoms with Gasteiger partial charge in [0.2, 0.25) is 5.91 Å². The molecule has 0 bridgehead atoms. The summed E-state index contributed by atoms with van der Waals surface area (Å²) in [6.07, 6.45) is 0.753. The van der Waals surface area contributed by atoms with Gasteiger partial charge in [-0.2, -0.15) is 0 Å². The summed E-state index contributed by atoms with van der Waals surface area (Å²) in [5, 5.41) is 2.96. The van der Waals surface area contributed by atoms with E-state index < -0.39 is 0 Å². The molecule has 0 fully saturated rings. The Balaban J connectivity index is 1.32. The van der Waals surface area contributed by atoms with Crippen LogP contribution in [0.25, 0.3) is 0 Å². The first kappa shape index (κ1) is 19.0. The summed E-state index contributed by atoms with van der Waals surface area (Å²) in [5.74, 6) is 2.42. The van der Waals surface area contributed by atoms with E-state index in [9.17, 15) is 4.79 Å². The summed E-state index contributed by atoms with van der Waals surface area (Å²) in [5.41, 5.74) is 1.11. The Morgan fingerprint density at radius 2 is 1.89 bits per heavy atom. The highest BCUT2D eigenvalue weighted by Gasteiger charge is 2.12. The second kappa shape index (κ2) is 9.83. The quantitative estimate of drug-likeness (QED) is 0.733. The van der Waals surface area contributed by atoms with Gasteiger partial charge in [0.15, 0.2) is 11.5 Å². The molecule has 27 heavy (non-hydrogen) atoms. The van der Waals surface area contributed by atoms with E-state index in [-0.39, 0.29) is 5.91 Å². The second-order valence-electron chi connectivity index (χ2n) is 6.48. The van der Waals surface area contributed by atoms with Crippen molar-refractivity contribution in [3.63, 3.8) is 0 Å². The Hall–Kier alpha value is -2.73. The number of fused-ring (bicyclic) bond motifs is 1. The van der Waals surface area contributed by atoms with Crippen LogP contribution in [0, 0.1) is 0 Å². The highest BCUT2D eigenvalue weighted by molar-refractivity contribution is 5.77. The topological polar surface area (TPSA) is 60.0 Å². The minimum absolute atomic E-state index is 0.00903. The molecule has 2 aromatic rings.